The maximum atomic E-state index is 13.4. The van der Waals surface area contributed by atoms with Crippen molar-refractivity contribution in [1.82, 2.24) is 10.2 Å². The minimum atomic E-state index is -0.972. The highest BCUT2D eigenvalue weighted by atomic mass is 16.5. The van der Waals surface area contributed by atoms with Crippen molar-refractivity contribution in [3.8, 4) is 11.5 Å². The lowest BCUT2D eigenvalue weighted by Gasteiger charge is -2.26. The second-order valence-corrected chi connectivity index (χ2v) is 8.46. The molecule has 1 aliphatic rings. The Labute approximate surface area is 210 Å². The largest absolute Gasteiger partial charge is 0.497 e. The Bertz CT molecular complexity index is 1200. The molecule has 1 saturated heterocycles. The molecule has 2 N–H and O–H groups in total. The fraction of sp³-hybridized carbons (Fsp3) is 0.250. The molecule has 0 spiro atoms. The van der Waals surface area contributed by atoms with Crippen molar-refractivity contribution in [3.05, 3.63) is 90.0 Å². The summed E-state index contributed by atoms with van der Waals surface area (Å²) in [6.45, 7) is 0.483. The van der Waals surface area contributed by atoms with Crippen molar-refractivity contribution in [2.45, 2.75) is 24.9 Å². The molecule has 0 radical (unpaired) electrons. The van der Waals surface area contributed by atoms with Crippen LogP contribution in [0.5, 0.6) is 11.5 Å². The molecule has 186 valence electrons. The Morgan fingerprint density at radius 3 is 2.08 bits per heavy atom. The Morgan fingerprint density at radius 2 is 1.47 bits per heavy atom. The third-order valence-corrected chi connectivity index (χ3v) is 6.19. The van der Waals surface area contributed by atoms with Crippen molar-refractivity contribution in [2.75, 3.05) is 26.1 Å². The van der Waals surface area contributed by atoms with E-state index in [4.69, 9.17) is 9.47 Å². The molecule has 4 rings (SSSR count). The number of hydrogen-bond donors (Lipinski definition) is 2. The van der Waals surface area contributed by atoms with Crippen LogP contribution in [0.1, 0.15) is 34.8 Å². The summed E-state index contributed by atoms with van der Waals surface area (Å²) in [5.74, 6) is 0.323. The van der Waals surface area contributed by atoms with Gasteiger partial charge in [0, 0.05) is 17.8 Å². The average Bonchev–Trinajstić information content (AvgIpc) is 3.42. The number of rotatable bonds is 8. The first-order valence-corrected chi connectivity index (χ1v) is 11.8. The Morgan fingerprint density at radius 1 is 0.861 bits per heavy atom. The highest BCUT2D eigenvalue weighted by Crippen LogP contribution is 2.24. The molecular weight excluding hydrogens is 458 g/mol. The molecule has 0 aromatic heterocycles. The molecule has 0 aliphatic carbocycles. The summed E-state index contributed by atoms with van der Waals surface area (Å²) in [5, 5.41) is 5.74. The molecule has 2 atom stereocenters. The standard InChI is InChI=1S/C28H29N3O5/c1-35-22-14-10-19(11-15-22)25(27(33)29-21-12-16-23(36-2)17-13-21)30-26(32)24-9-6-18-31(24)28(34)20-7-4-3-5-8-20/h3-5,7-8,10-17,24-25H,6,9,18H2,1-2H3,(H,29,33)(H,30,32)/t24-,25-/m0/s1. The van der Waals surface area contributed by atoms with E-state index in [0.29, 0.717) is 47.7 Å². The highest BCUT2D eigenvalue weighted by molar-refractivity contribution is 6.01. The van der Waals surface area contributed by atoms with E-state index in [1.165, 1.54) is 0 Å². The van der Waals surface area contributed by atoms with Gasteiger partial charge >= 0.3 is 0 Å². The molecule has 0 unspecified atom stereocenters. The number of nitrogens with zero attached hydrogens (tertiary/aromatic N) is 1. The van der Waals surface area contributed by atoms with E-state index in [9.17, 15) is 14.4 Å². The zero-order chi connectivity index (χ0) is 25.5. The van der Waals surface area contributed by atoms with Crippen LogP contribution in [0.4, 0.5) is 5.69 Å². The first-order chi connectivity index (χ1) is 17.5. The number of methoxy groups -OCH3 is 2. The van der Waals surface area contributed by atoms with Crippen molar-refractivity contribution < 1.29 is 23.9 Å². The minimum absolute atomic E-state index is 0.197. The number of carbonyl (C=O) groups is 3. The summed E-state index contributed by atoms with van der Waals surface area (Å²) in [7, 11) is 3.13. The fourth-order valence-corrected chi connectivity index (χ4v) is 4.25. The summed E-state index contributed by atoms with van der Waals surface area (Å²) >= 11 is 0. The maximum absolute atomic E-state index is 13.4. The SMILES string of the molecule is COc1ccc(NC(=O)[C@@H](NC(=O)[C@@H]2CCCN2C(=O)c2ccccc2)c2ccc(OC)cc2)cc1. The van der Waals surface area contributed by atoms with Crippen LogP contribution in [0, 0.1) is 0 Å². The summed E-state index contributed by atoms with van der Waals surface area (Å²) in [6.07, 6.45) is 1.24. The number of ether oxygens (including phenoxy) is 2. The van der Waals surface area contributed by atoms with Gasteiger partial charge in [0.05, 0.1) is 14.2 Å². The number of carbonyl (C=O) groups excluding carboxylic acids is 3. The van der Waals surface area contributed by atoms with Gasteiger partial charge in [-0.3, -0.25) is 14.4 Å². The molecule has 3 aromatic carbocycles. The van der Waals surface area contributed by atoms with E-state index in [2.05, 4.69) is 10.6 Å². The minimum Gasteiger partial charge on any atom is -0.497 e. The summed E-state index contributed by atoms with van der Waals surface area (Å²) in [4.78, 5) is 41.4. The molecule has 3 amide bonds. The van der Waals surface area contributed by atoms with E-state index in [1.54, 1.807) is 91.9 Å². The van der Waals surface area contributed by atoms with Crippen LogP contribution in [0.25, 0.3) is 0 Å². The monoisotopic (exact) mass is 487 g/mol. The normalized spacial score (nSPS) is 15.6. The number of anilines is 1. The fourth-order valence-electron chi connectivity index (χ4n) is 4.25. The van der Waals surface area contributed by atoms with Gasteiger partial charge in [-0.15, -0.1) is 0 Å². The van der Waals surface area contributed by atoms with Crippen LogP contribution in [-0.2, 0) is 9.59 Å². The van der Waals surface area contributed by atoms with E-state index >= 15 is 0 Å². The average molecular weight is 488 g/mol. The predicted molar refractivity (Wildman–Crippen MR) is 136 cm³/mol. The lowest BCUT2D eigenvalue weighted by Crippen LogP contribution is -2.48. The van der Waals surface area contributed by atoms with Gasteiger partial charge < -0.3 is 25.0 Å². The van der Waals surface area contributed by atoms with Crippen LogP contribution in [-0.4, -0.2) is 49.4 Å². The zero-order valence-electron chi connectivity index (χ0n) is 20.3. The molecule has 0 bridgehead atoms. The van der Waals surface area contributed by atoms with Gasteiger partial charge in [0.15, 0.2) is 0 Å². The first kappa shape index (κ1) is 24.8. The smallest absolute Gasteiger partial charge is 0.254 e. The van der Waals surface area contributed by atoms with Gasteiger partial charge in [-0.1, -0.05) is 30.3 Å². The number of hydrogen-bond acceptors (Lipinski definition) is 5. The van der Waals surface area contributed by atoms with E-state index < -0.39 is 18.0 Å². The topological polar surface area (TPSA) is 97.0 Å². The summed E-state index contributed by atoms with van der Waals surface area (Å²) < 4.78 is 10.4. The van der Waals surface area contributed by atoms with Crippen molar-refractivity contribution in [1.29, 1.82) is 0 Å². The Balaban J connectivity index is 1.54. The van der Waals surface area contributed by atoms with Gasteiger partial charge in [0.25, 0.3) is 11.8 Å². The first-order valence-electron chi connectivity index (χ1n) is 11.8. The van der Waals surface area contributed by atoms with Crippen molar-refractivity contribution >= 4 is 23.4 Å². The number of nitrogens with one attached hydrogen (secondary N) is 2. The molecule has 1 heterocycles. The van der Waals surface area contributed by atoms with Crippen LogP contribution < -0.4 is 20.1 Å². The number of amides is 3. The highest BCUT2D eigenvalue weighted by Gasteiger charge is 2.36. The molecule has 36 heavy (non-hydrogen) atoms. The molecular formula is C28H29N3O5. The van der Waals surface area contributed by atoms with Gasteiger partial charge in [-0.05, 0) is 66.9 Å². The van der Waals surface area contributed by atoms with Crippen molar-refractivity contribution in [3.63, 3.8) is 0 Å². The zero-order valence-corrected chi connectivity index (χ0v) is 20.3. The van der Waals surface area contributed by atoms with Gasteiger partial charge in [0.1, 0.15) is 23.6 Å². The lowest BCUT2D eigenvalue weighted by atomic mass is 10.0. The second-order valence-electron chi connectivity index (χ2n) is 8.46. The van der Waals surface area contributed by atoms with Gasteiger partial charge in [-0.25, -0.2) is 0 Å². The quantitative estimate of drug-likeness (QED) is 0.504. The molecule has 1 fully saturated rings. The Hall–Kier alpha value is -4.33. The molecule has 8 nitrogen and oxygen atoms in total. The maximum Gasteiger partial charge on any atom is 0.254 e. The summed E-state index contributed by atoms with van der Waals surface area (Å²) in [5.41, 5.74) is 1.69. The van der Waals surface area contributed by atoms with E-state index in [0.717, 1.165) is 0 Å². The number of benzene rings is 3. The molecule has 8 heteroatoms. The van der Waals surface area contributed by atoms with Gasteiger partial charge in [-0.2, -0.15) is 0 Å². The van der Waals surface area contributed by atoms with Crippen LogP contribution >= 0.6 is 0 Å². The van der Waals surface area contributed by atoms with Crippen molar-refractivity contribution in [2.24, 2.45) is 0 Å². The van der Waals surface area contributed by atoms with E-state index in [-0.39, 0.29) is 11.8 Å². The van der Waals surface area contributed by atoms with E-state index in [1.807, 2.05) is 6.07 Å². The molecule has 3 aromatic rings. The van der Waals surface area contributed by atoms with Crippen LogP contribution in [0.2, 0.25) is 0 Å². The van der Waals surface area contributed by atoms with Gasteiger partial charge in [0.2, 0.25) is 5.91 Å². The second kappa shape index (κ2) is 11.4. The predicted octanol–water partition coefficient (Wildman–Crippen LogP) is 3.80. The van der Waals surface area contributed by atoms with Crippen LogP contribution in [0.3, 0.4) is 0 Å². The Kier molecular flexibility index (Phi) is 7.85. The number of likely N-dealkylation sites (tertiary alicyclic amines) is 1. The lowest BCUT2D eigenvalue weighted by molar-refractivity contribution is -0.129. The molecule has 1 aliphatic heterocycles. The summed E-state index contributed by atoms with van der Waals surface area (Å²) in [6, 6.07) is 21.1. The third-order valence-electron chi connectivity index (χ3n) is 6.19. The third kappa shape index (κ3) is 5.66. The molecule has 0 saturated carbocycles. The van der Waals surface area contributed by atoms with Crippen LogP contribution in [0.15, 0.2) is 78.9 Å².